The van der Waals surface area contributed by atoms with E-state index in [2.05, 4.69) is 10.6 Å². The van der Waals surface area contributed by atoms with Crippen LogP contribution in [0.3, 0.4) is 0 Å². The predicted molar refractivity (Wildman–Crippen MR) is 63.2 cm³/mol. The van der Waals surface area contributed by atoms with Crippen LogP contribution in [0.15, 0.2) is 24.3 Å². The quantitative estimate of drug-likeness (QED) is 0.799. The Morgan fingerprint density at radius 2 is 1.83 bits per heavy atom. The first-order valence-corrected chi connectivity index (χ1v) is 5.55. The van der Waals surface area contributed by atoms with Crippen LogP contribution >= 0.6 is 0 Å². The molecule has 0 spiro atoms. The van der Waals surface area contributed by atoms with Crippen molar-refractivity contribution in [3.8, 4) is 0 Å². The van der Waals surface area contributed by atoms with Gasteiger partial charge in [-0.25, -0.2) is 0 Å². The second-order valence-corrected chi connectivity index (χ2v) is 3.83. The third kappa shape index (κ3) is 4.75. The molecule has 0 aliphatic carbocycles. The van der Waals surface area contributed by atoms with Crippen molar-refractivity contribution in [1.82, 2.24) is 5.32 Å². The zero-order chi connectivity index (χ0) is 13.6. The van der Waals surface area contributed by atoms with Gasteiger partial charge in [-0.1, -0.05) is 0 Å². The van der Waals surface area contributed by atoms with Gasteiger partial charge >= 0.3 is 6.18 Å². The van der Waals surface area contributed by atoms with Gasteiger partial charge in [0.05, 0.1) is 5.56 Å². The minimum Gasteiger partial charge on any atom is -0.326 e. The Balaban J connectivity index is 2.51. The third-order valence-corrected chi connectivity index (χ3v) is 2.33. The first kappa shape index (κ1) is 14.5. The summed E-state index contributed by atoms with van der Waals surface area (Å²) in [5, 5.41) is 5.45. The summed E-state index contributed by atoms with van der Waals surface area (Å²) in [6.45, 7) is 0.723. The van der Waals surface area contributed by atoms with Crippen LogP contribution in [0.2, 0.25) is 0 Å². The van der Waals surface area contributed by atoms with Crippen molar-refractivity contribution >= 4 is 11.6 Å². The van der Waals surface area contributed by atoms with Crippen molar-refractivity contribution in [1.29, 1.82) is 0 Å². The zero-order valence-corrected chi connectivity index (χ0v) is 9.97. The van der Waals surface area contributed by atoms with Crippen molar-refractivity contribution in [3.05, 3.63) is 29.8 Å². The molecule has 1 aromatic rings. The van der Waals surface area contributed by atoms with Gasteiger partial charge in [0.25, 0.3) is 0 Å². The fourth-order valence-electron chi connectivity index (χ4n) is 1.39. The average Bonchev–Trinajstić information content (AvgIpc) is 2.29. The maximum absolute atomic E-state index is 12.3. The summed E-state index contributed by atoms with van der Waals surface area (Å²) in [4.78, 5) is 11.4. The lowest BCUT2D eigenvalue weighted by Gasteiger charge is -2.08. The molecule has 0 aliphatic rings. The summed E-state index contributed by atoms with van der Waals surface area (Å²) in [5.41, 5.74) is -0.354. The van der Waals surface area contributed by atoms with Crippen LogP contribution in [0.25, 0.3) is 0 Å². The molecule has 3 nitrogen and oxygen atoms in total. The molecule has 1 aromatic carbocycles. The molecule has 0 aliphatic heterocycles. The standard InChI is InChI=1S/C12H15F3N2O/c1-16-8-2-3-11(18)17-10-6-4-9(5-7-10)12(13,14)15/h4-7,16H,2-3,8H2,1H3,(H,17,18). The van der Waals surface area contributed by atoms with E-state index in [1.807, 2.05) is 0 Å². The number of halogens is 3. The van der Waals surface area contributed by atoms with Gasteiger partial charge in [-0.15, -0.1) is 0 Å². The van der Waals surface area contributed by atoms with Crippen LogP contribution in [-0.2, 0) is 11.0 Å². The van der Waals surface area contributed by atoms with Crippen LogP contribution in [0.4, 0.5) is 18.9 Å². The van der Waals surface area contributed by atoms with Crippen LogP contribution < -0.4 is 10.6 Å². The molecule has 0 saturated heterocycles. The fraction of sp³-hybridized carbons (Fsp3) is 0.417. The molecule has 0 fully saturated rings. The number of amides is 1. The predicted octanol–water partition coefficient (Wildman–Crippen LogP) is 2.64. The fourth-order valence-corrected chi connectivity index (χ4v) is 1.39. The van der Waals surface area contributed by atoms with Crippen LogP contribution in [0, 0.1) is 0 Å². The largest absolute Gasteiger partial charge is 0.416 e. The monoisotopic (exact) mass is 260 g/mol. The zero-order valence-electron chi connectivity index (χ0n) is 9.97. The first-order valence-electron chi connectivity index (χ1n) is 5.55. The van der Waals surface area contributed by atoms with Gasteiger partial charge in [0, 0.05) is 12.1 Å². The van der Waals surface area contributed by atoms with Gasteiger partial charge in [0.2, 0.25) is 5.91 Å². The lowest BCUT2D eigenvalue weighted by molar-refractivity contribution is -0.137. The van der Waals surface area contributed by atoms with E-state index in [0.717, 1.165) is 18.7 Å². The van der Waals surface area contributed by atoms with Gasteiger partial charge < -0.3 is 10.6 Å². The Morgan fingerprint density at radius 1 is 1.22 bits per heavy atom. The molecule has 6 heteroatoms. The molecule has 0 saturated carbocycles. The van der Waals surface area contributed by atoms with Crippen LogP contribution in [0.5, 0.6) is 0 Å². The summed E-state index contributed by atoms with van der Waals surface area (Å²) in [5.74, 6) is -0.204. The van der Waals surface area contributed by atoms with Crippen molar-refractivity contribution in [2.24, 2.45) is 0 Å². The van der Waals surface area contributed by atoms with E-state index in [9.17, 15) is 18.0 Å². The van der Waals surface area contributed by atoms with E-state index in [1.165, 1.54) is 12.1 Å². The summed E-state index contributed by atoms with van der Waals surface area (Å²) in [7, 11) is 1.79. The van der Waals surface area contributed by atoms with Gasteiger partial charge in [0.1, 0.15) is 0 Å². The van der Waals surface area contributed by atoms with Gasteiger partial charge in [-0.2, -0.15) is 13.2 Å². The molecule has 0 unspecified atom stereocenters. The summed E-state index contributed by atoms with van der Waals surface area (Å²) in [6, 6.07) is 4.39. The van der Waals surface area contributed by atoms with Crippen LogP contribution in [0.1, 0.15) is 18.4 Å². The number of carbonyl (C=O) groups excluding carboxylic acids is 1. The molecular formula is C12H15F3N2O. The van der Waals surface area contributed by atoms with Crippen molar-refractivity contribution in [3.63, 3.8) is 0 Å². The minimum atomic E-state index is -4.35. The van der Waals surface area contributed by atoms with Crippen molar-refractivity contribution < 1.29 is 18.0 Å². The average molecular weight is 260 g/mol. The normalized spacial score (nSPS) is 11.3. The Labute approximate surface area is 103 Å². The highest BCUT2D eigenvalue weighted by molar-refractivity contribution is 5.90. The van der Waals surface area contributed by atoms with Gasteiger partial charge in [-0.3, -0.25) is 4.79 Å². The second kappa shape index (κ2) is 6.39. The smallest absolute Gasteiger partial charge is 0.326 e. The molecule has 18 heavy (non-hydrogen) atoms. The molecule has 1 rings (SSSR count). The Hall–Kier alpha value is -1.56. The summed E-state index contributed by atoms with van der Waals surface area (Å²) >= 11 is 0. The van der Waals surface area contributed by atoms with Crippen LogP contribution in [-0.4, -0.2) is 19.5 Å². The van der Waals surface area contributed by atoms with E-state index in [1.54, 1.807) is 7.05 Å². The number of alkyl halides is 3. The minimum absolute atomic E-state index is 0.204. The van der Waals surface area contributed by atoms with E-state index >= 15 is 0 Å². The Kier molecular flexibility index (Phi) is 5.15. The Bertz CT molecular complexity index is 387. The molecule has 100 valence electrons. The highest BCUT2D eigenvalue weighted by Gasteiger charge is 2.29. The number of hydrogen-bond acceptors (Lipinski definition) is 2. The van der Waals surface area contributed by atoms with E-state index in [4.69, 9.17) is 0 Å². The number of nitrogens with one attached hydrogen (secondary N) is 2. The van der Waals surface area contributed by atoms with E-state index in [-0.39, 0.29) is 5.91 Å². The maximum Gasteiger partial charge on any atom is 0.416 e. The SMILES string of the molecule is CNCCCC(=O)Nc1ccc(C(F)(F)F)cc1. The number of rotatable bonds is 5. The second-order valence-electron chi connectivity index (χ2n) is 3.83. The molecule has 0 atom stereocenters. The molecular weight excluding hydrogens is 245 g/mol. The highest BCUT2D eigenvalue weighted by atomic mass is 19.4. The lowest BCUT2D eigenvalue weighted by atomic mass is 10.2. The maximum atomic E-state index is 12.3. The molecule has 0 radical (unpaired) electrons. The highest BCUT2D eigenvalue weighted by Crippen LogP contribution is 2.29. The molecule has 0 bridgehead atoms. The van der Waals surface area contributed by atoms with E-state index in [0.29, 0.717) is 18.5 Å². The lowest BCUT2D eigenvalue weighted by Crippen LogP contribution is -2.15. The molecule has 2 N–H and O–H groups in total. The molecule has 1 amide bonds. The molecule has 0 heterocycles. The third-order valence-electron chi connectivity index (χ3n) is 2.33. The number of anilines is 1. The molecule has 0 aromatic heterocycles. The van der Waals surface area contributed by atoms with Crippen molar-refractivity contribution in [2.75, 3.05) is 18.9 Å². The van der Waals surface area contributed by atoms with E-state index < -0.39 is 11.7 Å². The first-order chi connectivity index (χ1) is 8.43. The van der Waals surface area contributed by atoms with Gasteiger partial charge in [0.15, 0.2) is 0 Å². The van der Waals surface area contributed by atoms with Gasteiger partial charge in [-0.05, 0) is 44.3 Å². The van der Waals surface area contributed by atoms with Crippen molar-refractivity contribution in [2.45, 2.75) is 19.0 Å². The topological polar surface area (TPSA) is 41.1 Å². The Morgan fingerprint density at radius 3 is 2.33 bits per heavy atom. The summed E-state index contributed by atoms with van der Waals surface area (Å²) < 4.78 is 36.9. The number of carbonyl (C=O) groups is 1. The number of benzene rings is 1. The summed E-state index contributed by atoms with van der Waals surface area (Å²) in [6.07, 6.45) is -3.33. The number of hydrogen-bond donors (Lipinski definition) is 2.